The number of hydrogen-bond acceptors (Lipinski definition) is 3. The third-order valence-corrected chi connectivity index (χ3v) is 4.26. The van der Waals surface area contributed by atoms with Crippen molar-refractivity contribution in [1.29, 1.82) is 0 Å². The zero-order chi connectivity index (χ0) is 16.7. The van der Waals surface area contributed by atoms with Gasteiger partial charge >= 0.3 is 12.0 Å². The molecule has 2 amide bonds. The lowest BCUT2D eigenvalue weighted by molar-refractivity contribution is 0.0600. The minimum absolute atomic E-state index is 0.223. The van der Waals surface area contributed by atoms with Crippen molar-refractivity contribution in [3.05, 3.63) is 47.2 Å². The second kappa shape index (κ2) is 8.36. The molecule has 1 aromatic rings. The molecule has 0 radical (unpaired) electrons. The Morgan fingerprint density at radius 1 is 1.22 bits per heavy atom. The number of hydrogen-bond donors (Lipinski definition) is 2. The highest BCUT2D eigenvalue weighted by Crippen LogP contribution is 2.30. The Kier molecular flexibility index (Phi) is 6.20. The van der Waals surface area contributed by atoms with Gasteiger partial charge in [-0.3, -0.25) is 0 Å². The molecule has 1 aliphatic carbocycles. The van der Waals surface area contributed by atoms with Crippen LogP contribution in [0.2, 0.25) is 0 Å². The Morgan fingerprint density at radius 2 is 1.87 bits per heavy atom. The average molecular weight is 316 g/mol. The second-order valence-corrected chi connectivity index (χ2v) is 5.89. The number of carbonyl (C=O) groups excluding carboxylic acids is 2. The first kappa shape index (κ1) is 17.1. The number of methoxy groups -OCH3 is 1. The molecule has 0 saturated heterocycles. The van der Waals surface area contributed by atoms with Crippen LogP contribution in [0, 0.1) is 5.92 Å². The van der Waals surface area contributed by atoms with E-state index in [0.29, 0.717) is 18.0 Å². The molecule has 0 aliphatic heterocycles. The number of rotatable bonds is 5. The molecular weight excluding hydrogens is 292 g/mol. The second-order valence-electron chi connectivity index (χ2n) is 5.89. The lowest BCUT2D eigenvalue weighted by Crippen LogP contribution is -2.32. The highest BCUT2D eigenvalue weighted by molar-refractivity contribution is 5.89. The van der Waals surface area contributed by atoms with Gasteiger partial charge in [0.2, 0.25) is 0 Å². The largest absolute Gasteiger partial charge is 0.465 e. The van der Waals surface area contributed by atoms with E-state index in [1.165, 1.54) is 38.4 Å². The lowest BCUT2D eigenvalue weighted by Gasteiger charge is -2.10. The Bertz CT molecular complexity index is 572. The Morgan fingerprint density at radius 3 is 2.48 bits per heavy atom. The highest BCUT2D eigenvalue weighted by atomic mass is 16.5. The summed E-state index contributed by atoms with van der Waals surface area (Å²) < 4.78 is 4.65. The number of ether oxygens (including phenoxy) is 1. The van der Waals surface area contributed by atoms with Gasteiger partial charge in [0.05, 0.1) is 12.7 Å². The summed E-state index contributed by atoms with van der Waals surface area (Å²) in [6.45, 7) is 2.48. The summed E-state index contributed by atoms with van der Waals surface area (Å²) in [6, 6.07) is 6.74. The van der Waals surface area contributed by atoms with Crippen LogP contribution in [0.3, 0.4) is 0 Å². The summed E-state index contributed by atoms with van der Waals surface area (Å²) in [7, 11) is 1.35. The minimum atomic E-state index is -0.366. The van der Waals surface area contributed by atoms with Gasteiger partial charge in [0.15, 0.2) is 0 Å². The van der Waals surface area contributed by atoms with Crippen LogP contribution >= 0.6 is 0 Å². The summed E-state index contributed by atoms with van der Waals surface area (Å²) in [6.07, 6.45) is 6.81. The molecule has 2 N–H and O–H groups in total. The third-order valence-electron chi connectivity index (χ3n) is 4.26. The molecule has 5 heteroatoms. The quantitative estimate of drug-likeness (QED) is 0.818. The first-order chi connectivity index (χ1) is 11.1. The van der Waals surface area contributed by atoms with Crippen LogP contribution < -0.4 is 10.6 Å². The van der Waals surface area contributed by atoms with Gasteiger partial charge in [-0.05, 0) is 43.4 Å². The van der Waals surface area contributed by atoms with E-state index in [4.69, 9.17) is 0 Å². The van der Waals surface area contributed by atoms with Crippen molar-refractivity contribution in [3.63, 3.8) is 0 Å². The van der Waals surface area contributed by atoms with Crippen LogP contribution in [-0.4, -0.2) is 19.1 Å². The maximum atomic E-state index is 11.8. The van der Waals surface area contributed by atoms with Gasteiger partial charge in [0, 0.05) is 12.7 Å². The topological polar surface area (TPSA) is 67.4 Å². The van der Waals surface area contributed by atoms with Crippen molar-refractivity contribution in [2.24, 2.45) is 5.92 Å². The molecule has 124 valence electrons. The van der Waals surface area contributed by atoms with Gasteiger partial charge in [-0.2, -0.15) is 0 Å². The fraction of sp³-hybridized carbons (Fsp3) is 0.444. The summed E-state index contributed by atoms with van der Waals surface area (Å²) in [4.78, 5) is 23.2. The standard InChI is InChI=1S/C18H24N2O3/c1-13(15-5-3-4-6-15)11-19-18(22)20-12-14-7-9-16(10-8-14)17(21)23-2/h7-11,15H,3-6,12H2,1-2H3,(H2,19,20,22)/b13-11+. The van der Waals surface area contributed by atoms with Crippen molar-refractivity contribution in [2.45, 2.75) is 39.2 Å². The summed E-state index contributed by atoms with van der Waals surface area (Å²) in [5.74, 6) is 0.246. The van der Waals surface area contributed by atoms with Gasteiger partial charge in [-0.25, -0.2) is 9.59 Å². The highest BCUT2D eigenvalue weighted by Gasteiger charge is 2.16. The normalized spacial score (nSPS) is 15.3. The third kappa shape index (κ3) is 5.13. The summed E-state index contributed by atoms with van der Waals surface area (Å²) >= 11 is 0. The van der Waals surface area contributed by atoms with E-state index in [1.807, 2.05) is 6.20 Å². The SMILES string of the molecule is COC(=O)c1ccc(CNC(=O)N/C=C(\C)C2CCCC2)cc1. The van der Waals surface area contributed by atoms with Crippen LogP contribution in [0.25, 0.3) is 0 Å². The van der Waals surface area contributed by atoms with Crippen molar-refractivity contribution in [1.82, 2.24) is 10.6 Å². The van der Waals surface area contributed by atoms with Gasteiger partial charge in [0.25, 0.3) is 0 Å². The average Bonchev–Trinajstić information content (AvgIpc) is 3.12. The van der Waals surface area contributed by atoms with Gasteiger partial charge < -0.3 is 15.4 Å². The fourth-order valence-corrected chi connectivity index (χ4v) is 2.79. The van der Waals surface area contributed by atoms with E-state index in [2.05, 4.69) is 22.3 Å². The monoisotopic (exact) mass is 316 g/mol. The Hall–Kier alpha value is -2.30. The predicted molar refractivity (Wildman–Crippen MR) is 88.9 cm³/mol. The van der Waals surface area contributed by atoms with E-state index in [1.54, 1.807) is 24.3 Å². The van der Waals surface area contributed by atoms with E-state index < -0.39 is 0 Å². The molecular formula is C18H24N2O3. The number of carbonyl (C=O) groups is 2. The van der Waals surface area contributed by atoms with Crippen molar-refractivity contribution < 1.29 is 14.3 Å². The molecule has 23 heavy (non-hydrogen) atoms. The smallest absolute Gasteiger partial charge is 0.337 e. The van der Waals surface area contributed by atoms with Gasteiger partial charge in [-0.15, -0.1) is 0 Å². The number of amides is 2. The molecule has 0 aromatic heterocycles. The maximum absolute atomic E-state index is 11.8. The number of nitrogens with one attached hydrogen (secondary N) is 2. The lowest BCUT2D eigenvalue weighted by atomic mass is 10.0. The summed E-state index contributed by atoms with van der Waals surface area (Å²) in [5.41, 5.74) is 2.65. The molecule has 1 fully saturated rings. The van der Waals surface area contributed by atoms with Crippen molar-refractivity contribution in [3.8, 4) is 0 Å². The van der Waals surface area contributed by atoms with Gasteiger partial charge in [-0.1, -0.05) is 30.5 Å². The van der Waals surface area contributed by atoms with Crippen LogP contribution in [-0.2, 0) is 11.3 Å². The van der Waals surface area contributed by atoms with E-state index in [-0.39, 0.29) is 12.0 Å². The van der Waals surface area contributed by atoms with Crippen LogP contribution in [0.15, 0.2) is 36.0 Å². The molecule has 5 nitrogen and oxygen atoms in total. The van der Waals surface area contributed by atoms with Crippen LogP contribution in [0.1, 0.15) is 48.5 Å². The van der Waals surface area contributed by atoms with Crippen LogP contribution in [0.4, 0.5) is 4.79 Å². The molecule has 0 atom stereocenters. The fourth-order valence-electron chi connectivity index (χ4n) is 2.79. The zero-order valence-electron chi connectivity index (χ0n) is 13.7. The molecule has 0 unspecified atom stereocenters. The van der Waals surface area contributed by atoms with Gasteiger partial charge in [0.1, 0.15) is 0 Å². The number of esters is 1. The Labute approximate surface area is 137 Å². The van der Waals surface area contributed by atoms with Crippen molar-refractivity contribution >= 4 is 12.0 Å². The number of allylic oxidation sites excluding steroid dienone is 1. The van der Waals surface area contributed by atoms with E-state index in [0.717, 1.165) is 5.56 Å². The molecule has 1 aromatic carbocycles. The van der Waals surface area contributed by atoms with E-state index >= 15 is 0 Å². The molecule has 0 heterocycles. The molecule has 2 rings (SSSR count). The maximum Gasteiger partial charge on any atom is 0.337 e. The molecule has 0 bridgehead atoms. The minimum Gasteiger partial charge on any atom is -0.465 e. The Balaban J connectivity index is 1.77. The molecule has 1 saturated carbocycles. The zero-order valence-corrected chi connectivity index (χ0v) is 13.7. The first-order valence-electron chi connectivity index (χ1n) is 7.98. The van der Waals surface area contributed by atoms with E-state index in [9.17, 15) is 9.59 Å². The predicted octanol–water partition coefficient (Wildman–Crippen LogP) is 3.37. The molecule has 0 spiro atoms. The molecule has 1 aliphatic rings. The van der Waals surface area contributed by atoms with Crippen LogP contribution in [0.5, 0.6) is 0 Å². The first-order valence-corrected chi connectivity index (χ1v) is 7.98. The number of benzene rings is 1. The van der Waals surface area contributed by atoms with Crippen molar-refractivity contribution in [2.75, 3.05) is 7.11 Å². The number of urea groups is 1. The summed E-state index contributed by atoms with van der Waals surface area (Å²) in [5, 5.41) is 5.58.